The third-order valence-corrected chi connectivity index (χ3v) is 9.14. The fraction of sp³-hybridized carbons (Fsp3) is 0.343. The van der Waals surface area contributed by atoms with Crippen LogP contribution in [-0.2, 0) is 24.4 Å². The highest BCUT2D eigenvalue weighted by Gasteiger charge is 2.47. The number of carbonyl (C=O) groups is 1. The smallest absolute Gasteiger partial charge is 0.310 e. The molecule has 0 bridgehead atoms. The van der Waals surface area contributed by atoms with Crippen molar-refractivity contribution >= 4 is 27.9 Å². The van der Waals surface area contributed by atoms with Crippen molar-refractivity contribution in [2.75, 3.05) is 0 Å². The largest absolute Gasteiger partial charge is 0.487 e. The van der Waals surface area contributed by atoms with Crippen LogP contribution >= 0.6 is 0 Å². The van der Waals surface area contributed by atoms with Crippen molar-refractivity contribution in [1.82, 2.24) is 14.5 Å². The zero-order valence-electron chi connectivity index (χ0n) is 24.1. The third-order valence-electron chi connectivity index (χ3n) is 9.14. The second-order valence-corrected chi connectivity index (χ2v) is 11.8. The number of halogens is 1. The van der Waals surface area contributed by atoms with Gasteiger partial charge in [-0.3, -0.25) is 4.79 Å². The van der Waals surface area contributed by atoms with E-state index >= 15 is 0 Å². The molecule has 3 aromatic carbocycles. The summed E-state index contributed by atoms with van der Waals surface area (Å²) in [6, 6.07) is 24.2. The topological polar surface area (TPSA) is 77.2 Å². The normalized spacial score (nSPS) is 19.4. The summed E-state index contributed by atoms with van der Waals surface area (Å²) in [4.78, 5) is 22.5. The van der Waals surface area contributed by atoms with Gasteiger partial charge in [0.25, 0.3) is 0 Å². The predicted molar refractivity (Wildman–Crippen MR) is 162 cm³/mol. The number of carboxylic acids is 1. The van der Waals surface area contributed by atoms with Gasteiger partial charge in [0.15, 0.2) is 0 Å². The van der Waals surface area contributed by atoms with Gasteiger partial charge in [0.05, 0.1) is 27.7 Å². The summed E-state index contributed by atoms with van der Waals surface area (Å²) in [5.41, 5.74) is 3.46. The summed E-state index contributed by atoms with van der Waals surface area (Å²) >= 11 is 0. The number of aromatic nitrogens is 3. The lowest BCUT2D eigenvalue weighted by Crippen LogP contribution is -2.32. The van der Waals surface area contributed by atoms with E-state index in [1.54, 1.807) is 12.1 Å². The Kier molecular flexibility index (Phi) is 7.67. The Morgan fingerprint density at radius 2 is 1.88 bits per heavy atom. The van der Waals surface area contributed by atoms with Crippen molar-refractivity contribution in [3.63, 3.8) is 0 Å². The van der Waals surface area contributed by atoms with E-state index in [1.165, 1.54) is 12.1 Å². The first-order valence-corrected chi connectivity index (χ1v) is 14.8. The molecule has 0 aliphatic heterocycles. The van der Waals surface area contributed by atoms with Crippen molar-refractivity contribution < 1.29 is 19.0 Å². The quantitative estimate of drug-likeness (QED) is 0.187. The van der Waals surface area contributed by atoms with E-state index in [2.05, 4.69) is 18.4 Å². The lowest BCUT2D eigenvalue weighted by molar-refractivity contribution is -0.149. The monoisotopic (exact) mass is 565 g/mol. The van der Waals surface area contributed by atoms with Gasteiger partial charge < -0.3 is 14.4 Å². The van der Waals surface area contributed by atoms with Gasteiger partial charge in [0, 0.05) is 24.4 Å². The lowest BCUT2D eigenvalue weighted by Gasteiger charge is -2.26. The second-order valence-electron chi connectivity index (χ2n) is 11.8. The number of rotatable bonds is 10. The molecule has 2 aromatic heterocycles. The van der Waals surface area contributed by atoms with Crippen LogP contribution in [0, 0.1) is 23.1 Å². The lowest BCUT2D eigenvalue weighted by atomic mass is 9.79. The first-order valence-electron chi connectivity index (χ1n) is 14.8. The first kappa shape index (κ1) is 27.9. The van der Waals surface area contributed by atoms with Crippen LogP contribution in [0.1, 0.15) is 56.6 Å². The van der Waals surface area contributed by atoms with Crippen molar-refractivity contribution in [2.45, 2.75) is 59.1 Å². The first-order chi connectivity index (χ1) is 20.3. The maximum absolute atomic E-state index is 13.7. The SMILES string of the molecule is CC[C@H](C)C1CCC(Cc2nc3cc(OCc4ccc5ccccc5n4)ccc3n2Cc2ccc(F)cc2)(C(=O)O)C1. The molecule has 1 aliphatic carbocycles. The number of hydrogen-bond donors (Lipinski definition) is 1. The molecule has 216 valence electrons. The van der Waals surface area contributed by atoms with E-state index in [1.807, 2.05) is 54.6 Å². The highest BCUT2D eigenvalue weighted by molar-refractivity contribution is 5.80. The molecule has 3 atom stereocenters. The van der Waals surface area contributed by atoms with Crippen LogP contribution in [0.25, 0.3) is 21.9 Å². The van der Waals surface area contributed by atoms with Gasteiger partial charge in [-0.15, -0.1) is 0 Å². The Morgan fingerprint density at radius 1 is 1.07 bits per heavy atom. The van der Waals surface area contributed by atoms with E-state index in [0.29, 0.717) is 50.0 Å². The number of nitrogens with zero attached hydrogens (tertiary/aromatic N) is 3. The zero-order chi connectivity index (χ0) is 29.3. The zero-order valence-corrected chi connectivity index (χ0v) is 24.1. The molecule has 0 radical (unpaired) electrons. The van der Waals surface area contributed by atoms with Gasteiger partial charge in [-0.25, -0.2) is 14.4 Å². The minimum Gasteiger partial charge on any atom is -0.487 e. The number of benzene rings is 3. The van der Waals surface area contributed by atoms with E-state index < -0.39 is 11.4 Å². The summed E-state index contributed by atoms with van der Waals surface area (Å²) in [5, 5.41) is 11.5. The summed E-state index contributed by atoms with van der Waals surface area (Å²) in [6.45, 7) is 5.18. The molecule has 1 N–H and O–H groups in total. The molecule has 1 aliphatic rings. The Hall–Kier alpha value is -4.26. The standard InChI is InChI=1S/C35H36FN3O3/c1-3-23(2)26-16-17-35(19-26,34(40)41)20-33-38-31-18-29(42-22-28-13-10-25-6-4-5-7-30(25)37-28)14-15-32(31)39(33)21-24-8-11-27(36)12-9-24/h4-15,18,23,26H,3,16-17,19-22H2,1-2H3,(H,40,41)/t23-,26?,35?/m0/s1. The number of carboxylic acid groups (broad SMARTS) is 1. The molecule has 42 heavy (non-hydrogen) atoms. The van der Waals surface area contributed by atoms with Crippen LogP contribution in [0.2, 0.25) is 0 Å². The Morgan fingerprint density at radius 3 is 2.67 bits per heavy atom. The number of para-hydroxylation sites is 1. The highest BCUT2D eigenvalue weighted by atomic mass is 19.1. The molecule has 6 rings (SSSR count). The average molecular weight is 566 g/mol. The fourth-order valence-electron chi connectivity index (χ4n) is 6.40. The maximum Gasteiger partial charge on any atom is 0.310 e. The van der Waals surface area contributed by atoms with Crippen LogP contribution in [-0.4, -0.2) is 25.6 Å². The molecule has 1 fully saturated rings. The maximum atomic E-state index is 13.7. The molecule has 6 nitrogen and oxygen atoms in total. The number of hydrogen-bond acceptors (Lipinski definition) is 4. The summed E-state index contributed by atoms with van der Waals surface area (Å²) in [6.07, 6.45) is 3.61. The molecule has 0 spiro atoms. The van der Waals surface area contributed by atoms with Crippen LogP contribution in [0.15, 0.2) is 78.9 Å². The van der Waals surface area contributed by atoms with Gasteiger partial charge >= 0.3 is 5.97 Å². The minimum absolute atomic E-state index is 0.288. The summed E-state index contributed by atoms with van der Waals surface area (Å²) in [7, 11) is 0. The molecular weight excluding hydrogens is 529 g/mol. The number of ether oxygens (including phenoxy) is 1. The van der Waals surface area contributed by atoms with Crippen molar-refractivity contribution in [3.05, 3.63) is 102 Å². The Labute approximate surface area is 245 Å². The van der Waals surface area contributed by atoms with Gasteiger partial charge in [-0.05, 0) is 73.1 Å². The van der Waals surface area contributed by atoms with Gasteiger partial charge in [-0.2, -0.15) is 0 Å². The Balaban J connectivity index is 1.31. The average Bonchev–Trinajstić information content (AvgIpc) is 3.59. The highest BCUT2D eigenvalue weighted by Crippen LogP contribution is 2.48. The van der Waals surface area contributed by atoms with E-state index in [0.717, 1.165) is 51.9 Å². The van der Waals surface area contributed by atoms with Crippen LogP contribution < -0.4 is 4.74 Å². The van der Waals surface area contributed by atoms with Crippen molar-refractivity contribution in [1.29, 1.82) is 0 Å². The van der Waals surface area contributed by atoms with E-state index in [4.69, 9.17) is 14.7 Å². The summed E-state index contributed by atoms with van der Waals surface area (Å²) < 4.78 is 21.9. The summed E-state index contributed by atoms with van der Waals surface area (Å²) in [5.74, 6) is 1.24. The number of pyridine rings is 1. The molecule has 0 amide bonds. The van der Waals surface area contributed by atoms with E-state index in [9.17, 15) is 14.3 Å². The number of aliphatic carboxylic acids is 1. The van der Waals surface area contributed by atoms with Gasteiger partial charge in [0.1, 0.15) is 24.0 Å². The van der Waals surface area contributed by atoms with Crippen LogP contribution in [0.3, 0.4) is 0 Å². The predicted octanol–water partition coefficient (Wildman–Crippen LogP) is 7.81. The molecule has 2 unspecified atom stereocenters. The Bertz CT molecular complexity index is 1730. The second kappa shape index (κ2) is 11.6. The molecule has 7 heteroatoms. The molecule has 2 heterocycles. The van der Waals surface area contributed by atoms with Gasteiger partial charge in [-0.1, -0.05) is 56.7 Å². The fourth-order valence-corrected chi connectivity index (χ4v) is 6.40. The molecule has 1 saturated carbocycles. The molecule has 0 saturated heterocycles. The number of imidazole rings is 1. The third kappa shape index (κ3) is 5.60. The number of fused-ring (bicyclic) bond motifs is 2. The van der Waals surface area contributed by atoms with Gasteiger partial charge in [0.2, 0.25) is 0 Å². The van der Waals surface area contributed by atoms with Crippen molar-refractivity contribution in [2.24, 2.45) is 17.3 Å². The molecular formula is C35H36FN3O3. The van der Waals surface area contributed by atoms with Crippen LogP contribution in [0.5, 0.6) is 5.75 Å². The van der Waals surface area contributed by atoms with Crippen molar-refractivity contribution in [3.8, 4) is 5.75 Å². The van der Waals surface area contributed by atoms with E-state index in [-0.39, 0.29) is 5.82 Å². The van der Waals surface area contributed by atoms with Crippen LogP contribution in [0.4, 0.5) is 4.39 Å². The minimum atomic E-state index is -0.850. The molecule has 5 aromatic rings.